The highest BCUT2D eigenvalue weighted by molar-refractivity contribution is 7.92. The molecule has 3 rings (SSSR count). The Balaban J connectivity index is 2.03. The molecule has 0 radical (unpaired) electrons. The third-order valence-electron chi connectivity index (χ3n) is 4.79. The fraction of sp³-hybridized carbons (Fsp3) is 0.600. The van der Waals surface area contributed by atoms with Crippen LogP contribution in [0.2, 0.25) is 0 Å². The van der Waals surface area contributed by atoms with Crippen LogP contribution in [0.5, 0.6) is 5.75 Å². The summed E-state index contributed by atoms with van der Waals surface area (Å²) in [6, 6.07) is 4.22. The molecule has 2 saturated heterocycles. The lowest BCUT2D eigenvalue weighted by Crippen LogP contribution is -2.50. The van der Waals surface area contributed by atoms with Gasteiger partial charge in [0.1, 0.15) is 11.6 Å². The van der Waals surface area contributed by atoms with Crippen LogP contribution in [-0.2, 0) is 15.4 Å². The van der Waals surface area contributed by atoms with E-state index in [1.54, 1.807) is 0 Å². The Morgan fingerprint density at radius 1 is 1.29 bits per heavy atom. The number of hydrogen-bond acceptors (Lipinski definition) is 4. The van der Waals surface area contributed by atoms with E-state index in [-0.39, 0.29) is 18.4 Å². The molecule has 4 nitrogen and oxygen atoms in total. The third kappa shape index (κ3) is 2.34. The van der Waals surface area contributed by atoms with E-state index in [9.17, 15) is 17.9 Å². The van der Waals surface area contributed by atoms with Gasteiger partial charge in [-0.2, -0.15) is 0 Å². The lowest BCUT2D eigenvalue weighted by Gasteiger charge is -2.44. The topological polar surface area (TPSA) is 63.6 Å². The van der Waals surface area contributed by atoms with Crippen LogP contribution in [0, 0.1) is 5.82 Å². The van der Waals surface area contributed by atoms with Gasteiger partial charge >= 0.3 is 0 Å². The number of hydrogen-bond donors (Lipinski definition) is 1. The molecule has 0 aromatic heterocycles. The number of ether oxygens (including phenoxy) is 1. The minimum Gasteiger partial charge on any atom is -0.497 e. The average Bonchev–Trinajstić information content (AvgIpc) is 2.41. The maximum absolute atomic E-state index is 14.1. The zero-order valence-electron chi connectivity index (χ0n) is 11.9. The normalized spacial score (nSPS) is 34.4. The highest BCUT2D eigenvalue weighted by Crippen LogP contribution is 2.47. The van der Waals surface area contributed by atoms with Gasteiger partial charge in [-0.3, -0.25) is 0 Å². The van der Waals surface area contributed by atoms with Crippen LogP contribution < -0.4 is 4.74 Å². The van der Waals surface area contributed by atoms with Crippen LogP contribution in [0.25, 0.3) is 0 Å². The molecular formula is C15H19FO4S. The van der Waals surface area contributed by atoms with Gasteiger partial charge in [-0.15, -0.1) is 0 Å². The number of methoxy groups -OCH3 is 1. The zero-order chi connectivity index (χ0) is 15.3. The summed E-state index contributed by atoms with van der Waals surface area (Å²) in [5.41, 5.74) is -1.28. The second-order valence-electron chi connectivity index (χ2n) is 6.05. The smallest absolute Gasteiger partial charge is 0.156 e. The Labute approximate surface area is 123 Å². The molecule has 21 heavy (non-hydrogen) atoms. The van der Waals surface area contributed by atoms with E-state index in [4.69, 9.17) is 4.74 Å². The third-order valence-corrected chi connectivity index (χ3v) is 7.45. The minimum atomic E-state index is -3.19. The Hall–Kier alpha value is -1.14. The molecule has 0 saturated carbocycles. The van der Waals surface area contributed by atoms with Crippen molar-refractivity contribution in [1.29, 1.82) is 0 Å². The molecule has 0 aliphatic carbocycles. The summed E-state index contributed by atoms with van der Waals surface area (Å²) in [5.74, 6) is -0.0610. The molecule has 2 aliphatic rings. The van der Waals surface area contributed by atoms with Crippen molar-refractivity contribution in [2.24, 2.45) is 0 Å². The van der Waals surface area contributed by atoms with Gasteiger partial charge in [0.2, 0.25) is 0 Å². The highest BCUT2D eigenvalue weighted by atomic mass is 32.2. The number of halogens is 1. The molecule has 2 atom stereocenters. The first-order valence-corrected chi connectivity index (χ1v) is 8.77. The summed E-state index contributed by atoms with van der Waals surface area (Å²) in [5, 5.41) is 9.78. The van der Waals surface area contributed by atoms with Gasteiger partial charge in [-0.1, -0.05) is 6.42 Å². The fourth-order valence-electron chi connectivity index (χ4n) is 3.65. The number of benzene rings is 1. The van der Waals surface area contributed by atoms with Crippen molar-refractivity contribution in [3.63, 3.8) is 0 Å². The van der Waals surface area contributed by atoms with Gasteiger partial charge < -0.3 is 9.84 Å². The molecule has 116 valence electrons. The minimum absolute atomic E-state index is 0.0654. The Bertz CT molecular complexity index is 636. The van der Waals surface area contributed by atoms with Gasteiger partial charge in [0.25, 0.3) is 0 Å². The maximum atomic E-state index is 14.1. The van der Waals surface area contributed by atoms with Gasteiger partial charge in [-0.25, -0.2) is 12.8 Å². The summed E-state index contributed by atoms with van der Waals surface area (Å²) < 4.78 is 43.8. The van der Waals surface area contributed by atoms with Gasteiger partial charge in [0.15, 0.2) is 9.84 Å². The SMILES string of the molecule is COc1ccc(F)c(C2(O)CC3CCCC(C2)S3(=O)=O)c1. The summed E-state index contributed by atoms with van der Waals surface area (Å²) in [6.07, 6.45) is 2.08. The molecule has 2 fully saturated rings. The first kappa shape index (κ1) is 14.8. The van der Waals surface area contributed by atoms with Crippen molar-refractivity contribution in [2.45, 2.75) is 48.2 Å². The van der Waals surface area contributed by atoms with Crippen molar-refractivity contribution >= 4 is 9.84 Å². The van der Waals surface area contributed by atoms with Crippen LogP contribution >= 0.6 is 0 Å². The molecule has 1 aromatic carbocycles. The predicted octanol–water partition coefficient (Wildman–Crippen LogP) is 2.15. The quantitative estimate of drug-likeness (QED) is 0.908. The van der Waals surface area contributed by atoms with E-state index in [2.05, 4.69) is 0 Å². The number of rotatable bonds is 2. The van der Waals surface area contributed by atoms with E-state index < -0.39 is 31.8 Å². The standard InChI is InChI=1S/C15H19FO4S/c1-20-10-5-6-14(16)13(7-10)15(17)8-11-3-2-4-12(9-15)21(11,18)19/h5-7,11-12,17H,2-4,8-9H2,1H3. The second-order valence-corrected chi connectivity index (χ2v) is 8.56. The van der Waals surface area contributed by atoms with E-state index in [0.29, 0.717) is 18.6 Å². The molecule has 2 heterocycles. The van der Waals surface area contributed by atoms with Gasteiger partial charge in [0, 0.05) is 5.56 Å². The van der Waals surface area contributed by atoms with E-state index in [1.807, 2.05) is 0 Å². The largest absolute Gasteiger partial charge is 0.497 e. The van der Waals surface area contributed by atoms with Crippen molar-refractivity contribution < 1.29 is 22.7 Å². The van der Waals surface area contributed by atoms with Crippen molar-refractivity contribution in [2.75, 3.05) is 7.11 Å². The summed E-state index contributed by atoms with van der Waals surface area (Å²) in [7, 11) is -1.71. The van der Waals surface area contributed by atoms with E-state index in [1.165, 1.54) is 25.3 Å². The lowest BCUT2D eigenvalue weighted by atomic mass is 9.80. The molecule has 0 spiro atoms. The van der Waals surface area contributed by atoms with Gasteiger partial charge in [0.05, 0.1) is 23.2 Å². The molecule has 6 heteroatoms. The predicted molar refractivity (Wildman–Crippen MR) is 76.4 cm³/mol. The van der Waals surface area contributed by atoms with Crippen molar-refractivity contribution in [1.82, 2.24) is 0 Å². The molecule has 2 unspecified atom stereocenters. The zero-order valence-corrected chi connectivity index (χ0v) is 12.7. The monoisotopic (exact) mass is 314 g/mol. The summed E-state index contributed by atoms with van der Waals surface area (Å²) >= 11 is 0. The molecular weight excluding hydrogens is 295 g/mol. The van der Waals surface area contributed by atoms with Crippen LogP contribution in [0.1, 0.15) is 37.7 Å². The molecule has 2 aliphatic heterocycles. The second kappa shape index (κ2) is 4.95. The molecule has 1 aromatic rings. The van der Waals surface area contributed by atoms with Crippen molar-refractivity contribution in [3.05, 3.63) is 29.6 Å². The van der Waals surface area contributed by atoms with Crippen LogP contribution in [0.15, 0.2) is 18.2 Å². The summed E-state index contributed by atoms with van der Waals surface area (Å²) in [6.45, 7) is 0. The highest BCUT2D eigenvalue weighted by Gasteiger charge is 2.51. The van der Waals surface area contributed by atoms with Crippen LogP contribution in [-0.4, -0.2) is 31.1 Å². The van der Waals surface area contributed by atoms with Crippen LogP contribution in [0.3, 0.4) is 0 Å². The first-order chi connectivity index (χ1) is 9.87. The summed E-state index contributed by atoms with van der Waals surface area (Å²) in [4.78, 5) is 0. The Kier molecular flexibility index (Phi) is 3.48. The van der Waals surface area contributed by atoms with E-state index in [0.717, 1.165) is 6.42 Å². The number of fused-ring (bicyclic) bond motifs is 2. The van der Waals surface area contributed by atoms with E-state index >= 15 is 0 Å². The van der Waals surface area contributed by atoms with Gasteiger partial charge in [-0.05, 0) is 43.9 Å². The van der Waals surface area contributed by atoms with Crippen LogP contribution in [0.4, 0.5) is 4.39 Å². The van der Waals surface area contributed by atoms with Crippen molar-refractivity contribution in [3.8, 4) is 5.75 Å². The number of aliphatic hydroxyl groups is 1. The molecule has 0 amide bonds. The number of sulfone groups is 1. The fourth-order valence-corrected chi connectivity index (χ4v) is 6.21. The average molecular weight is 314 g/mol. The maximum Gasteiger partial charge on any atom is 0.156 e. The molecule has 1 N–H and O–H groups in total. The lowest BCUT2D eigenvalue weighted by molar-refractivity contribution is 0.00168. The Morgan fingerprint density at radius 2 is 1.90 bits per heavy atom. The molecule has 2 bridgehead atoms. The first-order valence-electron chi connectivity index (χ1n) is 7.16. The Morgan fingerprint density at radius 3 is 2.48 bits per heavy atom.